The Morgan fingerprint density at radius 1 is 1.05 bits per heavy atom. The second kappa shape index (κ2) is 5.51. The van der Waals surface area contributed by atoms with E-state index in [4.69, 9.17) is 4.42 Å². The van der Waals surface area contributed by atoms with Crippen LogP contribution in [-0.2, 0) is 6.18 Å². The van der Waals surface area contributed by atoms with Crippen molar-refractivity contribution in [3.05, 3.63) is 59.7 Å². The molecule has 1 N–H and O–H groups in total. The Labute approximate surface area is 123 Å². The fourth-order valence-electron chi connectivity index (χ4n) is 1.94. The Kier molecular flexibility index (Phi) is 3.54. The molecule has 22 heavy (non-hydrogen) atoms. The molecule has 112 valence electrons. The number of hydrazone groups is 1. The van der Waals surface area contributed by atoms with Crippen LogP contribution in [0.15, 0.2) is 58.0 Å². The van der Waals surface area contributed by atoms with Gasteiger partial charge in [-0.15, -0.1) is 0 Å². The molecular weight excluding hydrogens is 295 g/mol. The molecule has 0 aliphatic heterocycles. The number of benzene rings is 2. The summed E-state index contributed by atoms with van der Waals surface area (Å²) in [5, 5.41) is 3.75. The average molecular weight is 305 g/mol. The minimum Gasteiger partial charge on any atom is -0.422 e. The molecule has 1 heterocycles. The smallest absolute Gasteiger partial charge is 0.417 e. The van der Waals surface area contributed by atoms with Gasteiger partial charge in [0.1, 0.15) is 5.52 Å². The highest BCUT2D eigenvalue weighted by Gasteiger charge is 2.32. The van der Waals surface area contributed by atoms with Crippen molar-refractivity contribution in [3.63, 3.8) is 0 Å². The highest BCUT2D eigenvalue weighted by molar-refractivity contribution is 5.82. The zero-order valence-corrected chi connectivity index (χ0v) is 11.1. The van der Waals surface area contributed by atoms with Crippen molar-refractivity contribution in [3.8, 4) is 0 Å². The molecule has 0 aliphatic rings. The fraction of sp³-hybridized carbons (Fsp3) is 0.0667. The van der Waals surface area contributed by atoms with E-state index >= 15 is 0 Å². The van der Waals surface area contributed by atoms with Crippen LogP contribution >= 0.6 is 0 Å². The Morgan fingerprint density at radius 3 is 2.55 bits per heavy atom. The molecule has 0 radical (unpaired) electrons. The van der Waals surface area contributed by atoms with Gasteiger partial charge in [-0.2, -0.15) is 23.3 Å². The van der Waals surface area contributed by atoms with E-state index in [1.54, 1.807) is 24.3 Å². The van der Waals surface area contributed by atoms with E-state index in [0.29, 0.717) is 11.1 Å². The number of nitrogens with one attached hydrogen (secondary N) is 1. The molecule has 0 saturated carbocycles. The van der Waals surface area contributed by atoms with Crippen molar-refractivity contribution < 1.29 is 17.6 Å². The molecule has 0 unspecified atom stereocenters. The largest absolute Gasteiger partial charge is 0.422 e. The normalized spacial score (nSPS) is 12.1. The zero-order chi connectivity index (χ0) is 15.6. The molecule has 0 bridgehead atoms. The minimum absolute atomic E-state index is 0.0430. The molecule has 1 aromatic heterocycles. The van der Waals surface area contributed by atoms with Crippen LogP contribution in [0.5, 0.6) is 0 Å². The van der Waals surface area contributed by atoms with Crippen LogP contribution in [0.1, 0.15) is 11.1 Å². The SMILES string of the molecule is FC(F)(F)c1ccccc1/C=N/Nc1nc2ccccc2o1. The number of nitrogens with zero attached hydrogens (tertiary/aromatic N) is 2. The van der Waals surface area contributed by atoms with Gasteiger partial charge in [0.15, 0.2) is 5.58 Å². The third kappa shape index (κ3) is 2.93. The Balaban J connectivity index is 1.80. The number of halogens is 3. The summed E-state index contributed by atoms with van der Waals surface area (Å²) < 4.78 is 43.8. The molecule has 2 aromatic carbocycles. The summed E-state index contributed by atoms with van der Waals surface area (Å²) in [7, 11) is 0. The monoisotopic (exact) mass is 305 g/mol. The Hall–Kier alpha value is -2.83. The lowest BCUT2D eigenvalue weighted by molar-refractivity contribution is -0.137. The number of alkyl halides is 3. The van der Waals surface area contributed by atoms with Crippen molar-refractivity contribution >= 4 is 23.3 Å². The molecule has 7 heteroatoms. The van der Waals surface area contributed by atoms with Gasteiger partial charge in [0.25, 0.3) is 0 Å². The molecule has 0 spiro atoms. The van der Waals surface area contributed by atoms with E-state index in [9.17, 15) is 13.2 Å². The van der Waals surface area contributed by atoms with Crippen LogP contribution in [0, 0.1) is 0 Å². The fourth-order valence-corrected chi connectivity index (χ4v) is 1.94. The number of oxazole rings is 1. The van der Waals surface area contributed by atoms with Crippen molar-refractivity contribution in [2.24, 2.45) is 5.10 Å². The highest BCUT2D eigenvalue weighted by Crippen LogP contribution is 2.31. The first kappa shape index (κ1) is 14.1. The summed E-state index contributed by atoms with van der Waals surface area (Å²) in [6.45, 7) is 0. The second-order valence-corrected chi connectivity index (χ2v) is 4.44. The topological polar surface area (TPSA) is 50.4 Å². The number of rotatable bonds is 3. The molecule has 3 rings (SSSR count). The Bertz CT molecular complexity index is 791. The first-order valence-electron chi connectivity index (χ1n) is 6.35. The number of anilines is 1. The molecule has 0 fully saturated rings. The summed E-state index contributed by atoms with van der Waals surface area (Å²) >= 11 is 0. The van der Waals surface area contributed by atoms with E-state index in [1.807, 2.05) is 0 Å². The van der Waals surface area contributed by atoms with Crippen LogP contribution in [-0.4, -0.2) is 11.2 Å². The number of hydrogen-bond acceptors (Lipinski definition) is 4. The van der Waals surface area contributed by atoms with Gasteiger partial charge >= 0.3 is 12.2 Å². The van der Waals surface area contributed by atoms with Crippen LogP contribution in [0.2, 0.25) is 0 Å². The second-order valence-electron chi connectivity index (χ2n) is 4.44. The number of para-hydroxylation sites is 2. The minimum atomic E-state index is -4.43. The van der Waals surface area contributed by atoms with Gasteiger partial charge in [-0.1, -0.05) is 30.3 Å². The molecule has 0 aliphatic carbocycles. The van der Waals surface area contributed by atoms with Crippen LogP contribution in [0.4, 0.5) is 19.2 Å². The number of aromatic nitrogens is 1. The van der Waals surface area contributed by atoms with Gasteiger partial charge in [0.2, 0.25) is 0 Å². The number of hydrogen-bond donors (Lipinski definition) is 1. The summed E-state index contributed by atoms with van der Waals surface area (Å²) in [5.41, 5.74) is 2.89. The molecular formula is C15H10F3N3O. The zero-order valence-electron chi connectivity index (χ0n) is 11.1. The van der Waals surface area contributed by atoms with Gasteiger partial charge in [-0.3, -0.25) is 0 Å². The average Bonchev–Trinajstić information content (AvgIpc) is 2.89. The Morgan fingerprint density at radius 2 is 1.77 bits per heavy atom. The van der Waals surface area contributed by atoms with Crippen molar-refractivity contribution in [2.75, 3.05) is 5.43 Å². The lowest BCUT2D eigenvalue weighted by atomic mass is 10.1. The van der Waals surface area contributed by atoms with E-state index < -0.39 is 11.7 Å². The quantitative estimate of drug-likeness (QED) is 0.580. The first-order valence-corrected chi connectivity index (χ1v) is 6.35. The van der Waals surface area contributed by atoms with Gasteiger partial charge in [-0.05, 0) is 18.2 Å². The lowest BCUT2D eigenvalue weighted by Crippen LogP contribution is -2.08. The molecule has 0 atom stereocenters. The number of fused-ring (bicyclic) bond motifs is 1. The molecule has 4 nitrogen and oxygen atoms in total. The van der Waals surface area contributed by atoms with Crippen molar-refractivity contribution in [2.45, 2.75) is 6.18 Å². The van der Waals surface area contributed by atoms with Crippen LogP contribution in [0.25, 0.3) is 11.1 Å². The van der Waals surface area contributed by atoms with Crippen LogP contribution in [0.3, 0.4) is 0 Å². The summed E-state index contributed by atoms with van der Waals surface area (Å²) in [6, 6.07) is 12.4. The maximum Gasteiger partial charge on any atom is 0.417 e. The third-order valence-corrected chi connectivity index (χ3v) is 2.92. The molecule has 0 amide bonds. The summed E-state index contributed by atoms with van der Waals surface area (Å²) in [6.07, 6.45) is -3.35. The van der Waals surface area contributed by atoms with Crippen molar-refractivity contribution in [1.82, 2.24) is 4.98 Å². The van der Waals surface area contributed by atoms with E-state index in [-0.39, 0.29) is 11.6 Å². The molecule has 0 saturated heterocycles. The van der Waals surface area contributed by atoms with Gasteiger partial charge in [0, 0.05) is 5.56 Å². The van der Waals surface area contributed by atoms with E-state index in [0.717, 1.165) is 12.3 Å². The highest BCUT2D eigenvalue weighted by atomic mass is 19.4. The van der Waals surface area contributed by atoms with Crippen LogP contribution < -0.4 is 5.43 Å². The predicted molar refractivity (Wildman–Crippen MR) is 76.7 cm³/mol. The maximum atomic E-state index is 12.8. The predicted octanol–water partition coefficient (Wildman–Crippen LogP) is 4.29. The molecule has 3 aromatic rings. The summed E-state index contributed by atoms with van der Waals surface area (Å²) in [4.78, 5) is 4.10. The lowest BCUT2D eigenvalue weighted by Gasteiger charge is -2.08. The summed E-state index contributed by atoms with van der Waals surface area (Å²) in [5.74, 6) is 0. The maximum absolute atomic E-state index is 12.8. The van der Waals surface area contributed by atoms with Crippen molar-refractivity contribution in [1.29, 1.82) is 0 Å². The van der Waals surface area contributed by atoms with Gasteiger partial charge < -0.3 is 4.42 Å². The van der Waals surface area contributed by atoms with E-state index in [1.165, 1.54) is 18.2 Å². The first-order chi connectivity index (χ1) is 10.5. The van der Waals surface area contributed by atoms with E-state index in [2.05, 4.69) is 15.5 Å². The van der Waals surface area contributed by atoms with Gasteiger partial charge in [-0.25, -0.2) is 5.43 Å². The standard InChI is InChI=1S/C15H10F3N3O/c16-15(17,18)11-6-2-1-5-10(11)9-19-21-14-20-12-7-3-4-8-13(12)22-14/h1-9H,(H,20,21)/b19-9+. The van der Waals surface area contributed by atoms with Gasteiger partial charge in [0.05, 0.1) is 11.8 Å². The third-order valence-electron chi connectivity index (χ3n) is 2.92.